The number of hydrogen-bond donors (Lipinski definition) is 1. The van der Waals surface area contributed by atoms with Gasteiger partial charge in [-0.05, 0) is 12.8 Å². The summed E-state index contributed by atoms with van der Waals surface area (Å²) in [4.78, 5) is 13.0. The minimum Gasteiger partial charge on any atom is -0.456 e. The third-order valence-electron chi connectivity index (χ3n) is 3.89. The molecule has 0 amide bonds. The number of alkyl halides is 2. The van der Waals surface area contributed by atoms with Gasteiger partial charge in [0.2, 0.25) is 0 Å². The van der Waals surface area contributed by atoms with Gasteiger partial charge in [-0.1, -0.05) is 0 Å². The number of carbonyl (C=O) groups is 1. The number of cyclic esters (lactones) is 1. The molecule has 3 atom stereocenters. The summed E-state index contributed by atoms with van der Waals surface area (Å²) in [5.74, 6) is -4.75. The van der Waals surface area contributed by atoms with Gasteiger partial charge in [-0.15, -0.1) is 0 Å². The number of likely N-dealkylation sites (tertiary alicyclic amines) is 1. The van der Waals surface area contributed by atoms with E-state index >= 15 is 0 Å². The second kappa shape index (κ2) is 5.68. The van der Waals surface area contributed by atoms with E-state index in [0.717, 1.165) is 19.4 Å². The molecule has 5 nitrogen and oxygen atoms in total. The number of piperidine rings is 1. The Morgan fingerprint density at radius 3 is 2.84 bits per heavy atom. The smallest absolute Gasteiger partial charge is 0.377 e. The molecule has 2 N–H and O–H groups in total. The molecule has 0 aromatic heterocycles. The predicted molar refractivity (Wildman–Crippen MR) is 63.9 cm³/mol. The molecule has 2 saturated heterocycles. The lowest BCUT2D eigenvalue weighted by atomic mass is 9.98. The van der Waals surface area contributed by atoms with Gasteiger partial charge in [0.15, 0.2) is 0 Å². The first-order chi connectivity index (χ1) is 8.96. The minimum absolute atomic E-state index is 0.0895. The highest BCUT2D eigenvalue weighted by Gasteiger charge is 2.51. The lowest BCUT2D eigenvalue weighted by Crippen LogP contribution is -2.50. The van der Waals surface area contributed by atoms with E-state index in [-0.39, 0.29) is 12.1 Å². The molecule has 2 aliphatic heterocycles. The second-order valence-electron chi connectivity index (χ2n) is 5.20. The van der Waals surface area contributed by atoms with Crippen LogP contribution in [0.2, 0.25) is 0 Å². The highest BCUT2D eigenvalue weighted by Crippen LogP contribution is 2.32. The van der Waals surface area contributed by atoms with Crippen LogP contribution in [-0.4, -0.2) is 61.8 Å². The molecule has 2 aliphatic rings. The first-order valence-electron chi connectivity index (χ1n) is 6.52. The first-order valence-corrected chi connectivity index (χ1v) is 6.52. The molecule has 2 rings (SSSR count). The van der Waals surface area contributed by atoms with Gasteiger partial charge in [-0.3, -0.25) is 4.90 Å². The van der Waals surface area contributed by atoms with Gasteiger partial charge in [0.1, 0.15) is 6.10 Å². The molecular formula is C12H20F2N2O3. The Balaban J connectivity index is 1.90. The molecule has 7 heteroatoms. The monoisotopic (exact) mass is 278 g/mol. The number of rotatable bonds is 4. The van der Waals surface area contributed by atoms with Crippen LogP contribution in [0, 0.1) is 0 Å². The number of nitrogens with zero attached hydrogens (tertiary/aromatic N) is 1. The highest BCUT2D eigenvalue weighted by molar-refractivity contribution is 5.79. The first kappa shape index (κ1) is 14.6. The summed E-state index contributed by atoms with van der Waals surface area (Å²) < 4.78 is 36.2. The van der Waals surface area contributed by atoms with Gasteiger partial charge < -0.3 is 15.2 Å². The Hall–Kier alpha value is -0.790. The van der Waals surface area contributed by atoms with E-state index in [0.29, 0.717) is 13.1 Å². The van der Waals surface area contributed by atoms with Crippen molar-refractivity contribution >= 4 is 5.97 Å². The third kappa shape index (κ3) is 3.21. The summed E-state index contributed by atoms with van der Waals surface area (Å²) in [6, 6.07) is 0.0895. The van der Waals surface area contributed by atoms with E-state index in [4.69, 9.17) is 15.2 Å². The lowest BCUT2D eigenvalue weighted by molar-refractivity contribution is -0.159. The average molecular weight is 278 g/mol. The molecule has 0 aliphatic carbocycles. The highest BCUT2D eigenvalue weighted by atomic mass is 19.3. The van der Waals surface area contributed by atoms with E-state index in [1.807, 2.05) is 4.90 Å². The molecule has 110 valence electrons. The van der Waals surface area contributed by atoms with Crippen molar-refractivity contribution in [2.24, 2.45) is 5.73 Å². The SMILES string of the molecule is COC1CCN(CC2CC(F)(F)C(=O)O2)C(CN)C1. The normalized spacial score (nSPS) is 35.4. The fraction of sp³-hybridized carbons (Fsp3) is 0.917. The Morgan fingerprint density at radius 1 is 1.58 bits per heavy atom. The number of hydrogen-bond acceptors (Lipinski definition) is 5. The predicted octanol–water partition coefficient (Wildman–Crippen LogP) is 0.375. The van der Waals surface area contributed by atoms with E-state index in [9.17, 15) is 13.6 Å². The van der Waals surface area contributed by atoms with Crippen molar-refractivity contribution in [3.8, 4) is 0 Å². The van der Waals surface area contributed by atoms with Crippen LogP contribution in [-0.2, 0) is 14.3 Å². The molecule has 2 heterocycles. The summed E-state index contributed by atoms with van der Waals surface area (Å²) >= 11 is 0. The third-order valence-corrected chi connectivity index (χ3v) is 3.89. The van der Waals surface area contributed by atoms with Crippen LogP contribution in [0.1, 0.15) is 19.3 Å². The van der Waals surface area contributed by atoms with Crippen molar-refractivity contribution in [3.63, 3.8) is 0 Å². The van der Waals surface area contributed by atoms with Crippen LogP contribution in [0.3, 0.4) is 0 Å². The quantitative estimate of drug-likeness (QED) is 0.753. The number of halogens is 2. The zero-order valence-electron chi connectivity index (χ0n) is 11.0. The van der Waals surface area contributed by atoms with E-state index < -0.39 is 24.4 Å². The summed E-state index contributed by atoms with van der Waals surface area (Å²) in [6.07, 6.45) is 0.509. The molecule has 2 fully saturated rings. The van der Waals surface area contributed by atoms with E-state index in [2.05, 4.69) is 0 Å². The van der Waals surface area contributed by atoms with Gasteiger partial charge in [0.25, 0.3) is 0 Å². The summed E-state index contributed by atoms with van der Waals surface area (Å²) in [5, 5.41) is 0. The maximum Gasteiger partial charge on any atom is 0.377 e. The van der Waals surface area contributed by atoms with Crippen LogP contribution in [0.15, 0.2) is 0 Å². The largest absolute Gasteiger partial charge is 0.456 e. The molecule has 0 aromatic rings. The number of esters is 1. The molecule has 3 unspecified atom stereocenters. The average Bonchev–Trinajstić information content (AvgIpc) is 2.63. The van der Waals surface area contributed by atoms with Crippen LogP contribution in [0.25, 0.3) is 0 Å². The standard InChI is InChI=1S/C12H20F2N2O3/c1-18-9-2-3-16(8(4-9)6-15)7-10-5-12(13,14)11(17)19-10/h8-10H,2-7,15H2,1H3. The van der Waals surface area contributed by atoms with Crippen LogP contribution >= 0.6 is 0 Å². The number of nitrogens with two attached hydrogens (primary N) is 1. The zero-order chi connectivity index (χ0) is 14.0. The summed E-state index contributed by atoms with van der Waals surface area (Å²) in [7, 11) is 1.66. The molecule has 0 radical (unpaired) electrons. The van der Waals surface area contributed by atoms with E-state index in [1.165, 1.54) is 0 Å². The van der Waals surface area contributed by atoms with Crippen molar-refractivity contribution in [1.82, 2.24) is 4.90 Å². The van der Waals surface area contributed by atoms with Crippen molar-refractivity contribution in [3.05, 3.63) is 0 Å². The van der Waals surface area contributed by atoms with Gasteiger partial charge >= 0.3 is 11.9 Å². The van der Waals surface area contributed by atoms with Crippen LogP contribution < -0.4 is 5.73 Å². The fourth-order valence-corrected chi connectivity index (χ4v) is 2.77. The summed E-state index contributed by atoms with van der Waals surface area (Å²) in [6.45, 7) is 1.48. The van der Waals surface area contributed by atoms with Gasteiger partial charge in [-0.25, -0.2) is 4.79 Å². The fourth-order valence-electron chi connectivity index (χ4n) is 2.77. The Morgan fingerprint density at radius 2 is 2.32 bits per heavy atom. The molecule has 0 bridgehead atoms. The molecular weight excluding hydrogens is 258 g/mol. The van der Waals surface area contributed by atoms with Crippen molar-refractivity contribution in [2.75, 3.05) is 26.7 Å². The Labute approximate surface area is 111 Å². The Kier molecular flexibility index (Phi) is 4.37. The maximum absolute atomic E-state index is 13.1. The minimum atomic E-state index is -3.34. The lowest BCUT2D eigenvalue weighted by Gasteiger charge is -2.39. The van der Waals surface area contributed by atoms with Crippen molar-refractivity contribution < 1.29 is 23.0 Å². The van der Waals surface area contributed by atoms with Crippen LogP contribution in [0.5, 0.6) is 0 Å². The molecule has 0 aromatic carbocycles. The van der Waals surface area contributed by atoms with Gasteiger partial charge in [-0.2, -0.15) is 8.78 Å². The van der Waals surface area contributed by atoms with Crippen LogP contribution in [0.4, 0.5) is 8.78 Å². The van der Waals surface area contributed by atoms with Gasteiger partial charge in [0, 0.05) is 32.8 Å². The maximum atomic E-state index is 13.1. The van der Waals surface area contributed by atoms with Crippen molar-refractivity contribution in [2.45, 2.75) is 43.4 Å². The second-order valence-corrected chi connectivity index (χ2v) is 5.20. The van der Waals surface area contributed by atoms with Gasteiger partial charge in [0.05, 0.1) is 12.5 Å². The molecule has 0 saturated carbocycles. The van der Waals surface area contributed by atoms with E-state index in [1.54, 1.807) is 7.11 Å². The molecule has 19 heavy (non-hydrogen) atoms. The van der Waals surface area contributed by atoms with Crippen molar-refractivity contribution in [1.29, 1.82) is 0 Å². The number of methoxy groups -OCH3 is 1. The zero-order valence-corrected chi connectivity index (χ0v) is 11.0. The topological polar surface area (TPSA) is 64.8 Å². The number of ether oxygens (including phenoxy) is 2. The molecule has 0 spiro atoms. The number of carbonyl (C=O) groups excluding carboxylic acids is 1. The Bertz CT molecular complexity index is 341. The summed E-state index contributed by atoms with van der Waals surface area (Å²) in [5.41, 5.74) is 5.71.